The third-order valence-corrected chi connectivity index (χ3v) is 3.71. The van der Waals surface area contributed by atoms with Gasteiger partial charge in [-0.05, 0) is 35.6 Å². The molecule has 20 heavy (non-hydrogen) atoms. The number of carboxylic acid groups (broad SMARTS) is 1. The Kier molecular flexibility index (Phi) is 4.90. The van der Waals surface area contributed by atoms with Crippen LogP contribution in [0.25, 0.3) is 0 Å². The summed E-state index contributed by atoms with van der Waals surface area (Å²) in [6.07, 6.45) is 1.17. The predicted molar refractivity (Wildman–Crippen MR) is 79.1 cm³/mol. The fourth-order valence-corrected chi connectivity index (χ4v) is 2.50. The molecule has 0 fully saturated rings. The lowest BCUT2D eigenvalue weighted by Crippen LogP contribution is -2.12. The van der Waals surface area contributed by atoms with E-state index in [9.17, 15) is 9.59 Å². The van der Waals surface area contributed by atoms with Crippen LogP contribution in [0, 0.1) is 0 Å². The van der Waals surface area contributed by atoms with Crippen molar-refractivity contribution in [1.29, 1.82) is 0 Å². The number of carbonyl (C=O) groups is 2. The molecule has 5 heteroatoms. The van der Waals surface area contributed by atoms with Gasteiger partial charge in [0.05, 0.1) is 6.42 Å². The molecule has 0 saturated heterocycles. The minimum Gasteiger partial charge on any atom is -0.481 e. The fraction of sp³-hybridized carbons (Fsp3) is 0.200. The van der Waals surface area contributed by atoms with Gasteiger partial charge < -0.3 is 10.4 Å². The Hall–Kier alpha value is -2.14. The third kappa shape index (κ3) is 4.51. The van der Waals surface area contributed by atoms with E-state index in [0.717, 1.165) is 6.42 Å². The number of anilines is 1. The summed E-state index contributed by atoms with van der Waals surface area (Å²) in [5, 5.41) is 13.5. The Balaban J connectivity index is 1.83. The molecule has 0 aliphatic heterocycles. The standard InChI is InChI=1S/C15H15NO3S/c17-14(8-7-13-2-1-9-20-13)16-12-5-3-11(4-6-12)10-15(18)19/h1-6,9H,7-8,10H2,(H,16,17)(H,18,19). The molecule has 0 spiro atoms. The van der Waals surface area contributed by atoms with Crippen LogP contribution in [0.3, 0.4) is 0 Å². The number of hydrogen-bond donors (Lipinski definition) is 2. The lowest BCUT2D eigenvalue weighted by molar-refractivity contribution is -0.136. The number of rotatable bonds is 6. The summed E-state index contributed by atoms with van der Waals surface area (Å²) in [5.74, 6) is -0.901. The molecular weight excluding hydrogens is 274 g/mol. The van der Waals surface area contributed by atoms with Crippen LogP contribution in [-0.4, -0.2) is 17.0 Å². The number of aliphatic carboxylic acids is 1. The second-order valence-corrected chi connectivity index (χ2v) is 5.43. The maximum atomic E-state index is 11.8. The van der Waals surface area contributed by atoms with Gasteiger partial charge in [0.1, 0.15) is 0 Å². The number of hydrogen-bond acceptors (Lipinski definition) is 3. The molecule has 1 heterocycles. The third-order valence-electron chi connectivity index (χ3n) is 2.77. The lowest BCUT2D eigenvalue weighted by Gasteiger charge is -2.05. The molecule has 1 aromatic carbocycles. The summed E-state index contributed by atoms with van der Waals surface area (Å²) in [6, 6.07) is 10.9. The average molecular weight is 289 g/mol. The summed E-state index contributed by atoms with van der Waals surface area (Å²) < 4.78 is 0. The molecule has 0 aliphatic rings. The van der Waals surface area contributed by atoms with E-state index in [4.69, 9.17) is 5.11 Å². The van der Waals surface area contributed by atoms with Gasteiger partial charge in [0.2, 0.25) is 5.91 Å². The van der Waals surface area contributed by atoms with Crippen molar-refractivity contribution in [2.75, 3.05) is 5.32 Å². The molecule has 1 amide bonds. The summed E-state index contributed by atoms with van der Waals surface area (Å²) in [7, 11) is 0. The first-order chi connectivity index (χ1) is 9.63. The number of nitrogens with one attached hydrogen (secondary N) is 1. The van der Waals surface area contributed by atoms with Crippen LogP contribution >= 0.6 is 11.3 Å². The quantitative estimate of drug-likeness (QED) is 0.859. The fourth-order valence-electron chi connectivity index (χ4n) is 1.80. The molecule has 0 atom stereocenters. The van der Waals surface area contributed by atoms with Gasteiger partial charge in [-0.1, -0.05) is 18.2 Å². The molecule has 4 nitrogen and oxygen atoms in total. The molecule has 2 N–H and O–H groups in total. The van der Waals surface area contributed by atoms with Gasteiger partial charge >= 0.3 is 5.97 Å². The molecule has 1 aromatic heterocycles. The highest BCUT2D eigenvalue weighted by atomic mass is 32.1. The SMILES string of the molecule is O=C(O)Cc1ccc(NC(=O)CCc2cccs2)cc1. The Labute approximate surface area is 121 Å². The van der Waals surface area contributed by atoms with Gasteiger partial charge in [-0.2, -0.15) is 0 Å². The minimum absolute atomic E-state index is 0.00734. The van der Waals surface area contributed by atoms with E-state index in [1.165, 1.54) is 4.88 Å². The van der Waals surface area contributed by atoms with Crippen LogP contribution in [0.4, 0.5) is 5.69 Å². The second kappa shape index (κ2) is 6.86. The number of carboxylic acids is 1. The highest BCUT2D eigenvalue weighted by Gasteiger charge is 2.05. The van der Waals surface area contributed by atoms with Crippen molar-refractivity contribution in [1.82, 2.24) is 0 Å². The zero-order valence-corrected chi connectivity index (χ0v) is 11.7. The molecular formula is C15H15NO3S. The molecule has 2 rings (SSSR count). The Bertz CT molecular complexity index is 576. The Morgan fingerprint density at radius 3 is 2.50 bits per heavy atom. The minimum atomic E-state index is -0.863. The number of carbonyl (C=O) groups excluding carboxylic acids is 1. The van der Waals surface area contributed by atoms with Crippen molar-refractivity contribution in [2.24, 2.45) is 0 Å². The molecule has 0 saturated carbocycles. The summed E-state index contributed by atoms with van der Waals surface area (Å²) in [4.78, 5) is 23.5. The first-order valence-electron chi connectivity index (χ1n) is 6.26. The Morgan fingerprint density at radius 1 is 1.15 bits per heavy atom. The topological polar surface area (TPSA) is 66.4 Å². The normalized spacial score (nSPS) is 10.2. The maximum Gasteiger partial charge on any atom is 0.307 e. The molecule has 104 valence electrons. The van der Waals surface area contributed by atoms with E-state index in [0.29, 0.717) is 17.7 Å². The van der Waals surface area contributed by atoms with Crippen molar-refractivity contribution < 1.29 is 14.7 Å². The number of thiophene rings is 1. The van der Waals surface area contributed by atoms with Crippen LogP contribution in [0.1, 0.15) is 16.9 Å². The lowest BCUT2D eigenvalue weighted by atomic mass is 10.1. The van der Waals surface area contributed by atoms with E-state index in [1.807, 2.05) is 17.5 Å². The van der Waals surface area contributed by atoms with Crippen molar-refractivity contribution in [3.05, 3.63) is 52.2 Å². The first kappa shape index (κ1) is 14.3. The molecule has 0 bridgehead atoms. The van der Waals surface area contributed by atoms with Crippen molar-refractivity contribution >= 4 is 28.9 Å². The van der Waals surface area contributed by atoms with Crippen LogP contribution in [0.2, 0.25) is 0 Å². The number of aryl methyl sites for hydroxylation is 1. The highest BCUT2D eigenvalue weighted by Crippen LogP contribution is 2.13. The second-order valence-electron chi connectivity index (χ2n) is 4.39. The highest BCUT2D eigenvalue weighted by molar-refractivity contribution is 7.09. The van der Waals surface area contributed by atoms with Gasteiger partial charge in [0, 0.05) is 17.0 Å². The first-order valence-corrected chi connectivity index (χ1v) is 7.14. The van der Waals surface area contributed by atoms with Crippen LogP contribution in [0.5, 0.6) is 0 Å². The molecule has 0 radical (unpaired) electrons. The van der Waals surface area contributed by atoms with E-state index in [1.54, 1.807) is 35.6 Å². The maximum absolute atomic E-state index is 11.8. The largest absolute Gasteiger partial charge is 0.481 e. The number of amides is 1. The van der Waals surface area contributed by atoms with Gasteiger partial charge in [0.25, 0.3) is 0 Å². The van der Waals surface area contributed by atoms with Gasteiger partial charge in [-0.15, -0.1) is 11.3 Å². The average Bonchev–Trinajstić information content (AvgIpc) is 2.91. The smallest absolute Gasteiger partial charge is 0.307 e. The number of benzene rings is 1. The molecule has 0 aliphatic carbocycles. The van der Waals surface area contributed by atoms with Crippen LogP contribution < -0.4 is 5.32 Å². The zero-order valence-electron chi connectivity index (χ0n) is 10.8. The van der Waals surface area contributed by atoms with Crippen molar-refractivity contribution in [3.63, 3.8) is 0 Å². The van der Waals surface area contributed by atoms with Crippen LogP contribution in [-0.2, 0) is 22.4 Å². The van der Waals surface area contributed by atoms with Gasteiger partial charge in [0.15, 0.2) is 0 Å². The Morgan fingerprint density at radius 2 is 1.90 bits per heavy atom. The van der Waals surface area contributed by atoms with E-state index in [2.05, 4.69) is 5.32 Å². The van der Waals surface area contributed by atoms with Gasteiger partial charge in [-0.25, -0.2) is 0 Å². The molecule has 2 aromatic rings. The zero-order chi connectivity index (χ0) is 14.4. The summed E-state index contributed by atoms with van der Waals surface area (Å²) in [5.41, 5.74) is 1.41. The summed E-state index contributed by atoms with van der Waals surface area (Å²) >= 11 is 1.64. The molecule has 0 unspecified atom stereocenters. The predicted octanol–water partition coefficient (Wildman–Crippen LogP) is 2.95. The van der Waals surface area contributed by atoms with Crippen molar-refractivity contribution in [3.8, 4) is 0 Å². The van der Waals surface area contributed by atoms with E-state index < -0.39 is 5.97 Å². The van der Waals surface area contributed by atoms with Crippen molar-refractivity contribution in [2.45, 2.75) is 19.3 Å². The van der Waals surface area contributed by atoms with Gasteiger partial charge in [-0.3, -0.25) is 9.59 Å². The van der Waals surface area contributed by atoms with E-state index in [-0.39, 0.29) is 12.3 Å². The summed E-state index contributed by atoms with van der Waals surface area (Å²) in [6.45, 7) is 0. The van der Waals surface area contributed by atoms with E-state index >= 15 is 0 Å². The monoisotopic (exact) mass is 289 g/mol. The van der Waals surface area contributed by atoms with Crippen LogP contribution in [0.15, 0.2) is 41.8 Å².